The second-order valence-corrected chi connectivity index (χ2v) is 3.84. The van der Waals surface area contributed by atoms with Crippen LogP contribution in [0.4, 0.5) is 5.69 Å². The van der Waals surface area contributed by atoms with Crippen molar-refractivity contribution in [3.63, 3.8) is 0 Å². The number of nitrogens with zero attached hydrogens (tertiary/aromatic N) is 1. The van der Waals surface area contributed by atoms with Gasteiger partial charge in [0.25, 0.3) is 0 Å². The highest BCUT2D eigenvalue weighted by molar-refractivity contribution is 5.52. The summed E-state index contributed by atoms with van der Waals surface area (Å²) in [6.07, 6.45) is 7.49. The van der Waals surface area contributed by atoms with Gasteiger partial charge in [0.1, 0.15) is 0 Å². The van der Waals surface area contributed by atoms with E-state index in [0.717, 1.165) is 12.8 Å². The second-order valence-electron chi connectivity index (χ2n) is 3.84. The Morgan fingerprint density at radius 1 is 1.56 bits per heavy atom. The largest absolute Gasteiger partial charge is 0.487 e. The normalized spacial score (nSPS) is 14.2. The molecule has 1 aromatic rings. The molecule has 4 heteroatoms. The van der Waals surface area contributed by atoms with Crippen LogP contribution in [0.5, 0.6) is 5.75 Å². The van der Waals surface area contributed by atoms with Crippen molar-refractivity contribution in [3.8, 4) is 18.1 Å². The van der Waals surface area contributed by atoms with Crippen LogP contribution in [0.25, 0.3) is 0 Å². The summed E-state index contributed by atoms with van der Waals surface area (Å²) in [4.78, 5) is 10.3. The number of nitro groups is 1. The standard InChI is InChI=1S/C12H11NO3/c1-2-9-5-6-12(11(7-9)13(14)15)16-8-10-3-4-10/h1,5-7,10H,3-4,8H2. The summed E-state index contributed by atoms with van der Waals surface area (Å²) in [5.74, 6) is 3.23. The number of benzene rings is 1. The molecule has 16 heavy (non-hydrogen) atoms. The molecule has 1 aromatic carbocycles. The van der Waals surface area contributed by atoms with Gasteiger partial charge in [-0.25, -0.2) is 0 Å². The van der Waals surface area contributed by atoms with Crippen molar-refractivity contribution in [3.05, 3.63) is 33.9 Å². The third kappa shape index (κ3) is 2.31. The zero-order chi connectivity index (χ0) is 11.5. The smallest absolute Gasteiger partial charge is 0.312 e. The Balaban J connectivity index is 2.21. The summed E-state index contributed by atoms with van der Waals surface area (Å²) in [5.41, 5.74) is 0.432. The molecule has 82 valence electrons. The molecule has 0 unspecified atom stereocenters. The van der Waals surface area contributed by atoms with Crippen LogP contribution >= 0.6 is 0 Å². The highest BCUT2D eigenvalue weighted by Crippen LogP contribution is 2.32. The molecule has 1 aliphatic carbocycles. The first-order chi connectivity index (χ1) is 7.70. The first-order valence-electron chi connectivity index (χ1n) is 5.08. The predicted octanol–water partition coefficient (Wildman–Crippen LogP) is 2.36. The molecule has 1 fully saturated rings. The lowest BCUT2D eigenvalue weighted by Gasteiger charge is -2.05. The number of ether oxygens (including phenoxy) is 1. The van der Waals surface area contributed by atoms with Crippen LogP contribution in [0.3, 0.4) is 0 Å². The van der Waals surface area contributed by atoms with E-state index < -0.39 is 4.92 Å². The summed E-state index contributed by atoms with van der Waals surface area (Å²) in [7, 11) is 0. The maximum absolute atomic E-state index is 10.8. The van der Waals surface area contributed by atoms with E-state index in [-0.39, 0.29) is 5.69 Å². The minimum absolute atomic E-state index is 0.0592. The van der Waals surface area contributed by atoms with Crippen LogP contribution in [-0.2, 0) is 0 Å². The summed E-state index contributed by atoms with van der Waals surface area (Å²) < 4.78 is 5.41. The van der Waals surface area contributed by atoms with Crippen molar-refractivity contribution in [1.82, 2.24) is 0 Å². The molecule has 2 rings (SSSR count). The average Bonchev–Trinajstić information content (AvgIpc) is 3.09. The molecule has 4 nitrogen and oxygen atoms in total. The van der Waals surface area contributed by atoms with E-state index in [1.54, 1.807) is 12.1 Å². The lowest BCUT2D eigenvalue weighted by atomic mass is 10.2. The Labute approximate surface area is 93.4 Å². The van der Waals surface area contributed by atoms with Crippen LogP contribution in [0.2, 0.25) is 0 Å². The van der Waals surface area contributed by atoms with E-state index in [1.165, 1.54) is 6.07 Å². The zero-order valence-corrected chi connectivity index (χ0v) is 8.68. The van der Waals surface area contributed by atoms with E-state index in [9.17, 15) is 10.1 Å². The van der Waals surface area contributed by atoms with E-state index in [4.69, 9.17) is 11.2 Å². The maximum Gasteiger partial charge on any atom is 0.312 e. The van der Waals surface area contributed by atoms with Gasteiger partial charge in [0, 0.05) is 11.6 Å². The van der Waals surface area contributed by atoms with Gasteiger partial charge in [-0.2, -0.15) is 0 Å². The molecule has 0 amide bonds. The Morgan fingerprint density at radius 2 is 2.31 bits per heavy atom. The van der Waals surface area contributed by atoms with Crippen LogP contribution in [-0.4, -0.2) is 11.5 Å². The van der Waals surface area contributed by atoms with Crippen molar-refractivity contribution < 1.29 is 9.66 Å². The summed E-state index contributed by atoms with van der Waals surface area (Å²) in [6.45, 7) is 0.552. The molecule has 0 atom stereocenters. The van der Waals surface area contributed by atoms with Gasteiger partial charge in [0.05, 0.1) is 11.5 Å². The molecule has 0 radical (unpaired) electrons. The van der Waals surface area contributed by atoms with Crippen molar-refractivity contribution in [2.45, 2.75) is 12.8 Å². The van der Waals surface area contributed by atoms with E-state index in [2.05, 4.69) is 5.92 Å². The Bertz CT molecular complexity index is 458. The molecule has 0 heterocycles. The van der Waals surface area contributed by atoms with Gasteiger partial charge in [0.15, 0.2) is 5.75 Å². The fourth-order valence-electron chi connectivity index (χ4n) is 1.36. The van der Waals surface area contributed by atoms with Crippen molar-refractivity contribution in [2.24, 2.45) is 5.92 Å². The zero-order valence-electron chi connectivity index (χ0n) is 8.68. The quantitative estimate of drug-likeness (QED) is 0.442. The number of hydrogen-bond donors (Lipinski definition) is 0. The van der Waals surface area contributed by atoms with Gasteiger partial charge in [-0.05, 0) is 30.9 Å². The van der Waals surface area contributed by atoms with Gasteiger partial charge in [0.2, 0.25) is 0 Å². The first-order valence-corrected chi connectivity index (χ1v) is 5.08. The number of hydrogen-bond acceptors (Lipinski definition) is 3. The number of rotatable bonds is 4. The van der Waals surface area contributed by atoms with E-state index in [1.807, 2.05) is 0 Å². The summed E-state index contributed by atoms with van der Waals surface area (Å²) in [5, 5.41) is 10.8. The lowest BCUT2D eigenvalue weighted by molar-refractivity contribution is -0.385. The van der Waals surface area contributed by atoms with Gasteiger partial charge in [-0.1, -0.05) is 5.92 Å². The van der Waals surface area contributed by atoms with E-state index in [0.29, 0.717) is 23.8 Å². The second kappa shape index (κ2) is 4.23. The van der Waals surface area contributed by atoms with Gasteiger partial charge in [-0.3, -0.25) is 10.1 Å². The van der Waals surface area contributed by atoms with Gasteiger partial charge < -0.3 is 4.74 Å². The molecular formula is C12H11NO3. The molecule has 0 aliphatic heterocycles. The highest BCUT2D eigenvalue weighted by Gasteiger charge is 2.24. The van der Waals surface area contributed by atoms with E-state index >= 15 is 0 Å². The Morgan fingerprint density at radius 3 is 2.88 bits per heavy atom. The number of terminal acetylenes is 1. The Kier molecular flexibility index (Phi) is 2.78. The van der Waals surface area contributed by atoms with Crippen molar-refractivity contribution in [2.75, 3.05) is 6.61 Å². The minimum atomic E-state index is -0.469. The fraction of sp³-hybridized carbons (Fsp3) is 0.333. The molecule has 0 N–H and O–H groups in total. The molecule has 1 aliphatic rings. The highest BCUT2D eigenvalue weighted by atomic mass is 16.6. The molecule has 0 bridgehead atoms. The first kappa shape index (κ1) is 10.5. The molecule has 0 aromatic heterocycles. The van der Waals surface area contributed by atoms with Gasteiger partial charge in [-0.15, -0.1) is 6.42 Å². The molecule has 1 saturated carbocycles. The van der Waals surface area contributed by atoms with Gasteiger partial charge >= 0.3 is 5.69 Å². The van der Waals surface area contributed by atoms with Crippen LogP contribution in [0.15, 0.2) is 18.2 Å². The maximum atomic E-state index is 10.8. The summed E-state index contributed by atoms with van der Waals surface area (Å²) in [6, 6.07) is 4.58. The van der Waals surface area contributed by atoms with Crippen LogP contribution < -0.4 is 4.74 Å². The summed E-state index contributed by atoms with van der Waals surface area (Å²) >= 11 is 0. The van der Waals surface area contributed by atoms with Crippen molar-refractivity contribution in [1.29, 1.82) is 0 Å². The van der Waals surface area contributed by atoms with Crippen LogP contribution in [0, 0.1) is 28.4 Å². The number of nitro benzene ring substituents is 1. The molecule has 0 saturated heterocycles. The third-order valence-electron chi connectivity index (χ3n) is 2.49. The Hall–Kier alpha value is -2.02. The fourth-order valence-corrected chi connectivity index (χ4v) is 1.36. The predicted molar refractivity (Wildman–Crippen MR) is 59.3 cm³/mol. The third-order valence-corrected chi connectivity index (χ3v) is 2.49. The molecule has 0 spiro atoms. The topological polar surface area (TPSA) is 52.4 Å². The van der Waals surface area contributed by atoms with Crippen molar-refractivity contribution >= 4 is 5.69 Å². The molecular weight excluding hydrogens is 206 g/mol. The lowest BCUT2D eigenvalue weighted by Crippen LogP contribution is -2.02. The monoisotopic (exact) mass is 217 g/mol. The van der Waals surface area contributed by atoms with Crippen LogP contribution in [0.1, 0.15) is 18.4 Å². The minimum Gasteiger partial charge on any atom is -0.487 e. The SMILES string of the molecule is C#Cc1ccc(OCC2CC2)c([N+](=O)[O-])c1. The average molecular weight is 217 g/mol.